The van der Waals surface area contributed by atoms with Crippen LogP contribution in [0.1, 0.15) is 53.3 Å². The number of likely N-dealkylation sites (N-methyl/N-ethyl adjacent to an activating group) is 1. The molecule has 2 fully saturated rings. The molecule has 1 aromatic carbocycles. The lowest BCUT2D eigenvalue weighted by Gasteiger charge is -2.50. The number of thiophene rings is 1. The first-order valence-corrected chi connectivity index (χ1v) is 15.7. The molecule has 2 aromatic heterocycles. The zero-order chi connectivity index (χ0) is 31.9. The van der Waals surface area contributed by atoms with Crippen LogP contribution >= 0.6 is 11.3 Å². The van der Waals surface area contributed by atoms with E-state index in [1.165, 1.54) is 30.8 Å². The van der Waals surface area contributed by atoms with Crippen LogP contribution in [0.15, 0.2) is 41.1 Å². The van der Waals surface area contributed by atoms with Crippen molar-refractivity contribution < 1.29 is 42.9 Å². The van der Waals surface area contributed by atoms with Crippen LogP contribution in [-0.2, 0) is 23.9 Å². The second-order valence-corrected chi connectivity index (χ2v) is 12.8. The Labute approximate surface area is 263 Å². The summed E-state index contributed by atoms with van der Waals surface area (Å²) >= 11 is 1.26. The molecular weight excluding hydrogens is 602 g/mol. The number of hydrogen-bond donors (Lipinski definition) is 1. The molecule has 1 saturated carbocycles. The van der Waals surface area contributed by atoms with E-state index in [9.17, 15) is 24.3 Å². The minimum absolute atomic E-state index is 0.00678. The van der Waals surface area contributed by atoms with Crippen molar-refractivity contribution in [2.75, 3.05) is 45.4 Å². The smallest absolute Gasteiger partial charge is 0.323 e. The number of fused-ring (bicyclic) bond motifs is 1. The average Bonchev–Trinajstić information content (AvgIpc) is 3.66. The van der Waals surface area contributed by atoms with E-state index in [1.807, 2.05) is 31.2 Å². The van der Waals surface area contributed by atoms with Crippen molar-refractivity contribution in [3.8, 4) is 16.5 Å². The van der Waals surface area contributed by atoms with Crippen molar-refractivity contribution in [2.45, 2.75) is 44.8 Å². The number of hydrogen-bond acceptors (Lipinski definition) is 10. The second-order valence-electron chi connectivity index (χ2n) is 11.8. The van der Waals surface area contributed by atoms with E-state index in [1.54, 1.807) is 12.0 Å². The third kappa shape index (κ3) is 5.53. The summed E-state index contributed by atoms with van der Waals surface area (Å²) in [6.07, 6.45) is 3.66. The molecule has 1 aliphatic carbocycles. The number of aromatic nitrogens is 1. The van der Waals surface area contributed by atoms with Gasteiger partial charge in [-0.05, 0) is 44.2 Å². The number of oxazole rings is 1. The van der Waals surface area contributed by atoms with Crippen LogP contribution < -0.4 is 9.64 Å². The van der Waals surface area contributed by atoms with Gasteiger partial charge in [0.1, 0.15) is 35.1 Å². The Morgan fingerprint density at radius 1 is 1.22 bits per heavy atom. The Balaban J connectivity index is 1.40. The number of rotatable bonds is 10. The topological polar surface area (TPSA) is 149 Å². The largest absolute Gasteiger partial charge is 0.496 e. The Bertz CT molecular complexity index is 1610. The first-order valence-electron chi connectivity index (χ1n) is 14.9. The molecule has 1 atom stereocenters. The second kappa shape index (κ2) is 12.4. The van der Waals surface area contributed by atoms with Crippen LogP contribution in [0.2, 0.25) is 0 Å². The zero-order valence-electron chi connectivity index (χ0n) is 25.3. The molecule has 238 valence electrons. The number of methoxy groups -OCH3 is 1. The number of benzene rings is 1. The van der Waals surface area contributed by atoms with Crippen LogP contribution in [0.3, 0.4) is 0 Å². The number of ether oxygens (including phenoxy) is 3. The SMILES string of the molecule is COc1ccccc1[C@H](CN1c2sc(-c3ncco3)c(C)c2C(=O)[C@]2(C[C@H](C(=O)N(C)CC(=O)O)C2)C1=O)OC1CCOCC1. The van der Waals surface area contributed by atoms with Crippen molar-refractivity contribution in [1.29, 1.82) is 0 Å². The number of para-hydroxylation sites is 1. The van der Waals surface area contributed by atoms with Crippen molar-refractivity contribution in [2.24, 2.45) is 11.3 Å². The van der Waals surface area contributed by atoms with Gasteiger partial charge in [0.25, 0.3) is 0 Å². The van der Waals surface area contributed by atoms with E-state index >= 15 is 0 Å². The van der Waals surface area contributed by atoms with Gasteiger partial charge in [-0.1, -0.05) is 18.2 Å². The summed E-state index contributed by atoms with van der Waals surface area (Å²) in [5.74, 6) is -1.98. The molecule has 2 aliphatic heterocycles. The fraction of sp³-hybridized carbons (Fsp3) is 0.469. The number of aliphatic carboxylic acids is 1. The molecule has 13 heteroatoms. The molecule has 0 unspecified atom stereocenters. The normalized spacial score (nSPS) is 22.2. The lowest BCUT2D eigenvalue weighted by molar-refractivity contribution is -0.151. The summed E-state index contributed by atoms with van der Waals surface area (Å²) in [6.45, 7) is 2.59. The lowest BCUT2D eigenvalue weighted by Crippen LogP contribution is -2.61. The number of anilines is 1. The fourth-order valence-corrected chi connectivity index (χ4v) is 7.87. The third-order valence-corrected chi connectivity index (χ3v) is 10.3. The maximum atomic E-state index is 14.6. The summed E-state index contributed by atoms with van der Waals surface area (Å²) in [5.41, 5.74) is 0.366. The minimum atomic E-state index is -1.46. The van der Waals surface area contributed by atoms with Gasteiger partial charge in [0, 0.05) is 31.7 Å². The van der Waals surface area contributed by atoms with Gasteiger partial charge in [-0.25, -0.2) is 4.98 Å². The fourth-order valence-electron chi connectivity index (χ4n) is 6.61. The summed E-state index contributed by atoms with van der Waals surface area (Å²) in [7, 11) is 2.99. The Morgan fingerprint density at radius 2 is 1.96 bits per heavy atom. The average molecular weight is 638 g/mol. The minimum Gasteiger partial charge on any atom is -0.496 e. The zero-order valence-corrected chi connectivity index (χ0v) is 26.1. The molecule has 0 radical (unpaired) electrons. The summed E-state index contributed by atoms with van der Waals surface area (Å²) < 4.78 is 23.5. The standard InChI is InChI=1S/C32H35N3O9S/c1-18-25-27(38)32(14-19(15-32)29(39)34(2)17-24(36)37)31(40)35(30(25)45-26(18)28-33-10-13-43-28)16-23(44-20-8-11-42-12-9-20)21-6-4-5-7-22(21)41-3/h4-7,10,13,19-20,23H,8-9,11-12,14-17H2,1-3H3,(H,36,37)/t19-,23-,32+/m0/s1. The van der Waals surface area contributed by atoms with Gasteiger partial charge < -0.3 is 28.6 Å². The highest BCUT2D eigenvalue weighted by Gasteiger charge is 2.63. The van der Waals surface area contributed by atoms with Gasteiger partial charge in [-0.2, -0.15) is 0 Å². The van der Waals surface area contributed by atoms with Crippen LogP contribution in [0, 0.1) is 18.3 Å². The molecule has 6 rings (SSSR count). The molecule has 3 aliphatic rings. The number of carbonyl (C=O) groups excluding carboxylic acids is 3. The highest BCUT2D eigenvalue weighted by Crippen LogP contribution is 2.57. The molecule has 1 spiro atoms. The number of carboxylic acid groups (broad SMARTS) is 1. The number of carboxylic acids is 1. The molecule has 2 amide bonds. The molecule has 4 heterocycles. The van der Waals surface area contributed by atoms with Gasteiger partial charge in [-0.3, -0.25) is 24.1 Å². The van der Waals surface area contributed by atoms with Crippen molar-refractivity contribution in [1.82, 2.24) is 9.88 Å². The van der Waals surface area contributed by atoms with E-state index in [2.05, 4.69) is 4.98 Å². The van der Waals surface area contributed by atoms with Crippen molar-refractivity contribution in [3.05, 3.63) is 53.4 Å². The molecule has 12 nitrogen and oxygen atoms in total. The van der Waals surface area contributed by atoms with Gasteiger partial charge >= 0.3 is 5.97 Å². The first kappa shape index (κ1) is 30.9. The Kier molecular flexibility index (Phi) is 8.51. The number of nitrogens with zero attached hydrogens (tertiary/aromatic N) is 3. The van der Waals surface area contributed by atoms with Crippen LogP contribution in [0.4, 0.5) is 5.00 Å². The van der Waals surface area contributed by atoms with Crippen LogP contribution in [0.25, 0.3) is 10.8 Å². The van der Waals surface area contributed by atoms with Crippen molar-refractivity contribution >= 4 is 39.9 Å². The highest BCUT2D eigenvalue weighted by molar-refractivity contribution is 7.20. The predicted octanol–water partition coefficient (Wildman–Crippen LogP) is 4.13. The van der Waals surface area contributed by atoms with E-state index in [0.717, 1.165) is 10.5 Å². The van der Waals surface area contributed by atoms with Gasteiger partial charge in [-0.15, -0.1) is 11.3 Å². The van der Waals surface area contributed by atoms with Crippen LogP contribution in [0.5, 0.6) is 5.75 Å². The highest BCUT2D eigenvalue weighted by atomic mass is 32.1. The number of Topliss-reactive ketones (excluding diaryl/α,β-unsaturated/α-hetero) is 1. The number of ketones is 1. The van der Waals surface area contributed by atoms with Crippen molar-refractivity contribution in [3.63, 3.8) is 0 Å². The quantitative estimate of drug-likeness (QED) is 0.322. The molecule has 1 N–H and O–H groups in total. The van der Waals surface area contributed by atoms with Gasteiger partial charge in [0.15, 0.2) is 5.78 Å². The summed E-state index contributed by atoms with van der Waals surface area (Å²) in [6, 6.07) is 7.51. The van der Waals surface area contributed by atoms with Gasteiger partial charge in [0.05, 0.1) is 36.4 Å². The van der Waals surface area contributed by atoms with E-state index in [4.69, 9.17) is 18.6 Å². The maximum Gasteiger partial charge on any atom is 0.323 e. The van der Waals surface area contributed by atoms with E-state index in [-0.39, 0.29) is 31.3 Å². The summed E-state index contributed by atoms with van der Waals surface area (Å²) in [4.78, 5) is 60.9. The van der Waals surface area contributed by atoms with E-state index < -0.39 is 41.8 Å². The van der Waals surface area contributed by atoms with Crippen LogP contribution in [-0.4, -0.2) is 85.1 Å². The number of carbonyl (C=O) groups is 4. The van der Waals surface area contributed by atoms with Gasteiger partial charge in [0.2, 0.25) is 17.7 Å². The maximum absolute atomic E-state index is 14.6. The monoisotopic (exact) mass is 637 g/mol. The first-order chi connectivity index (χ1) is 21.6. The third-order valence-electron chi connectivity index (χ3n) is 8.96. The molecule has 3 aromatic rings. The predicted molar refractivity (Wildman–Crippen MR) is 162 cm³/mol. The molecule has 0 bridgehead atoms. The molecule has 45 heavy (non-hydrogen) atoms. The molecule has 1 saturated heterocycles. The van der Waals surface area contributed by atoms with E-state index in [0.29, 0.717) is 58.7 Å². The Hall–Kier alpha value is -4.07. The molecular formula is C32H35N3O9S. The number of amides is 2. The summed E-state index contributed by atoms with van der Waals surface area (Å²) in [5, 5.41) is 9.65. The lowest BCUT2D eigenvalue weighted by atomic mass is 9.56. The Morgan fingerprint density at radius 3 is 2.62 bits per heavy atom.